The highest BCUT2D eigenvalue weighted by atomic mass is 35.5. The Morgan fingerprint density at radius 2 is 1.90 bits per heavy atom. The third-order valence-corrected chi connectivity index (χ3v) is 4.79. The van der Waals surface area contributed by atoms with Crippen LogP contribution >= 0.6 is 23.2 Å². The molecule has 4 rings (SSSR count). The average Bonchev–Trinajstić information content (AvgIpc) is 3.11. The van der Waals surface area contributed by atoms with E-state index < -0.39 is 0 Å². The fourth-order valence-corrected chi connectivity index (χ4v) is 3.38. The second kappa shape index (κ2) is 8.53. The van der Waals surface area contributed by atoms with Crippen LogP contribution in [0.1, 0.15) is 11.4 Å². The van der Waals surface area contributed by atoms with Crippen molar-refractivity contribution in [1.29, 1.82) is 5.26 Å². The minimum Gasteiger partial charge on any atom is -0.368 e. The Morgan fingerprint density at radius 1 is 1.07 bits per heavy atom. The minimum atomic E-state index is 0.509. The molecule has 0 atom stereocenters. The van der Waals surface area contributed by atoms with E-state index in [2.05, 4.69) is 30.7 Å². The number of benzene rings is 1. The van der Waals surface area contributed by atoms with Crippen LogP contribution in [0.4, 0.5) is 11.8 Å². The van der Waals surface area contributed by atoms with Crippen LogP contribution in [0.25, 0.3) is 16.9 Å². The van der Waals surface area contributed by atoms with Gasteiger partial charge < -0.3 is 10.6 Å². The number of nitrogens with one attached hydrogen (secondary N) is 2. The van der Waals surface area contributed by atoms with Crippen molar-refractivity contribution in [1.82, 2.24) is 24.6 Å². The molecule has 1 aromatic carbocycles. The van der Waals surface area contributed by atoms with Crippen molar-refractivity contribution in [3.8, 4) is 17.3 Å². The summed E-state index contributed by atoms with van der Waals surface area (Å²) in [7, 11) is 0. The third-order valence-electron chi connectivity index (χ3n) is 4.24. The standard InChI is InChI=1S/C20H16Cl2N8/c1-12-27-19-9-17(15-4-3-14(21)8-16(15)22)28-20(30(19)29-12)25-7-6-24-18-5-2-13(10-23)11-26-18/h2-5,8-9,11H,6-7H2,1H3,(H,24,26)(H,25,28). The second-order valence-corrected chi connectivity index (χ2v) is 7.26. The van der Waals surface area contributed by atoms with E-state index in [-0.39, 0.29) is 0 Å². The highest BCUT2D eigenvalue weighted by Crippen LogP contribution is 2.30. The van der Waals surface area contributed by atoms with E-state index in [9.17, 15) is 0 Å². The van der Waals surface area contributed by atoms with E-state index in [1.165, 1.54) is 6.20 Å². The summed E-state index contributed by atoms with van der Waals surface area (Å²) in [5.41, 5.74) is 2.60. The van der Waals surface area contributed by atoms with Crippen LogP contribution < -0.4 is 10.6 Å². The number of hydrogen-bond acceptors (Lipinski definition) is 7. The quantitative estimate of drug-likeness (QED) is 0.434. The molecular weight excluding hydrogens is 423 g/mol. The van der Waals surface area contributed by atoms with Gasteiger partial charge in [0.1, 0.15) is 17.7 Å². The minimum absolute atomic E-state index is 0.509. The molecule has 0 aliphatic heterocycles. The molecule has 0 aliphatic carbocycles. The van der Waals surface area contributed by atoms with Crippen molar-refractivity contribution in [2.45, 2.75) is 6.92 Å². The number of aryl methyl sites for hydroxylation is 1. The molecule has 3 heterocycles. The van der Waals surface area contributed by atoms with Crippen molar-refractivity contribution >= 4 is 40.6 Å². The van der Waals surface area contributed by atoms with Crippen molar-refractivity contribution in [3.05, 3.63) is 64.0 Å². The molecule has 3 aromatic heterocycles. The molecule has 0 spiro atoms. The van der Waals surface area contributed by atoms with Crippen LogP contribution in [0.15, 0.2) is 42.6 Å². The summed E-state index contributed by atoms with van der Waals surface area (Å²) in [4.78, 5) is 13.3. The molecule has 0 radical (unpaired) electrons. The van der Waals surface area contributed by atoms with E-state index in [1.54, 1.807) is 28.8 Å². The van der Waals surface area contributed by atoms with Crippen LogP contribution in [0.2, 0.25) is 10.0 Å². The monoisotopic (exact) mass is 438 g/mol. The van der Waals surface area contributed by atoms with Gasteiger partial charge in [-0.15, -0.1) is 5.10 Å². The molecule has 0 bridgehead atoms. The first-order chi connectivity index (χ1) is 14.5. The Hall–Kier alpha value is -3.41. The zero-order valence-corrected chi connectivity index (χ0v) is 17.4. The van der Waals surface area contributed by atoms with Gasteiger partial charge in [-0.05, 0) is 37.3 Å². The van der Waals surface area contributed by atoms with E-state index in [0.29, 0.717) is 57.6 Å². The molecule has 4 aromatic rings. The van der Waals surface area contributed by atoms with Crippen molar-refractivity contribution < 1.29 is 0 Å². The Morgan fingerprint density at radius 3 is 2.63 bits per heavy atom. The highest BCUT2D eigenvalue weighted by molar-refractivity contribution is 6.36. The Balaban J connectivity index is 1.54. The molecule has 0 saturated heterocycles. The fourth-order valence-electron chi connectivity index (χ4n) is 2.88. The number of anilines is 2. The molecule has 0 saturated carbocycles. The van der Waals surface area contributed by atoms with Gasteiger partial charge in [0.2, 0.25) is 5.95 Å². The molecule has 30 heavy (non-hydrogen) atoms. The first-order valence-corrected chi connectivity index (χ1v) is 9.83. The van der Waals surface area contributed by atoms with E-state index >= 15 is 0 Å². The lowest BCUT2D eigenvalue weighted by Gasteiger charge is -2.11. The number of nitrogens with zero attached hydrogens (tertiary/aromatic N) is 6. The normalized spacial score (nSPS) is 10.7. The molecule has 150 valence electrons. The predicted octanol–water partition coefficient (Wildman–Crippen LogP) is 4.20. The lowest BCUT2D eigenvalue weighted by atomic mass is 10.1. The Kier molecular flexibility index (Phi) is 5.65. The van der Waals surface area contributed by atoms with Gasteiger partial charge in [-0.1, -0.05) is 23.2 Å². The molecular formula is C20H16Cl2N8. The smallest absolute Gasteiger partial charge is 0.226 e. The van der Waals surface area contributed by atoms with Crippen LogP contribution in [-0.2, 0) is 0 Å². The summed E-state index contributed by atoms with van der Waals surface area (Å²) in [6, 6.07) is 12.6. The zero-order chi connectivity index (χ0) is 21.1. The predicted molar refractivity (Wildman–Crippen MR) is 117 cm³/mol. The van der Waals surface area contributed by atoms with Crippen LogP contribution in [-0.4, -0.2) is 37.7 Å². The second-order valence-electron chi connectivity index (χ2n) is 6.42. The first-order valence-electron chi connectivity index (χ1n) is 9.07. The molecule has 0 amide bonds. The number of fused-ring (bicyclic) bond motifs is 1. The number of pyridine rings is 1. The summed E-state index contributed by atoms with van der Waals surface area (Å²) in [5.74, 6) is 1.87. The third kappa shape index (κ3) is 4.27. The SMILES string of the molecule is Cc1nc2cc(-c3ccc(Cl)cc3Cl)nc(NCCNc3ccc(C#N)cn3)n2n1. The van der Waals surface area contributed by atoms with E-state index in [4.69, 9.17) is 28.5 Å². The molecule has 0 aliphatic rings. The molecule has 8 nitrogen and oxygen atoms in total. The summed E-state index contributed by atoms with van der Waals surface area (Å²) < 4.78 is 1.66. The van der Waals surface area contributed by atoms with Crippen molar-refractivity contribution in [2.24, 2.45) is 0 Å². The molecule has 0 unspecified atom stereocenters. The topological polar surface area (TPSA) is 104 Å². The van der Waals surface area contributed by atoms with Crippen LogP contribution in [0, 0.1) is 18.3 Å². The van der Waals surface area contributed by atoms with E-state index in [0.717, 1.165) is 5.56 Å². The molecule has 2 N–H and O–H groups in total. The van der Waals surface area contributed by atoms with Gasteiger partial charge in [0.05, 0.1) is 16.3 Å². The van der Waals surface area contributed by atoms with Crippen LogP contribution in [0.3, 0.4) is 0 Å². The van der Waals surface area contributed by atoms with Crippen LogP contribution in [0.5, 0.6) is 0 Å². The maximum Gasteiger partial charge on any atom is 0.226 e. The van der Waals surface area contributed by atoms with Crippen molar-refractivity contribution in [3.63, 3.8) is 0 Å². The van der Waals surface area contributed by atoms with Gasteiger partial charge in [-0.3, -0.25) is 0 Å². The molecule has 10 heteroatoms. The summed E-state index contributed by atoms with van der Waals surface area (Å²) in [6.07, 6.45) is 1.53. The van der Waals surface area contributed by atoms with Gasteiger partial charge in [0.15, 0.2) is 5.65 Å². The number of rotatable bonds is 6. The summed E-state index contributed by atoms with van der Waals surface area (Å²) in [6.45, 7) is 2.96. The Bertz CT molecular complexity index is 1240. The van der Waals surface area contributed by atoms with Gasteiger partial charge in [-0.25, -0.2) is 15.0 Å². The summed E-state index contributed by atoms with van der Waals surface area (Å²) >= 11 is 12.4. The summed E-state index contributed by atoms with van der Waals surface area (Å²) in [5, 5.41) is 20.8. The maximum atomic E-state index is 8.84. The number of hydrogen-bond donors (Lipinski definition) is 2. The highest BCUT2D eigenvalue weighted by Gasteiger charge is 2.13. The van der Waals surface area contributed by atoms with Gasteiger partial charge >= 0.3 is 0 Å². The number of nitriles is 1. The lowest BCUT2D eigenvalue weighted by Crippen LogP contribution is -2.17. The average molecular weight is 439 g/mol. The van der Waals surface area contributed by atoms with Gasteiger partial charge in [-0.2, -0.15) is 9.78 Å². The Labute approximate surface area is 182 Å². The zero-order valence-electron chi connectivity index (χ0n) is 15.9. The molecule has 0 fully saturated rings. The lowest BCUT2D eigenvalue weighted by molar-refractivity contribution is 0.889. The first kappa shape index (κ1) is 19.9. The number of aromatic nitrogens is 5. The van der Waals surface area contributed by atoms with Gasteiger partial charge in [0, 0.05) is 35.9 Å². The van der Waals surface area contributed by atoms with Crippen molar-refractivity contribution in [2.75, 3.05) is 23.7 Å². The largest absolute Gasteiger partial charge is 0.368 e. The fraction of sp³-hybridized carbons (Fsp3) is 0.150. The maximum absolute atomic E-state index is 8.84. The van der Waals surface area contributed by atoms with E-state index in [1.807, 2.05) is 25.1 Å². The number of halogens is 2. The van der Waals surface area contributed by atoms with Gasteiger partial charge in [0.25, 0.3) is 0 Å².